The number of aromatic amines is 1. The highest BCUT2D eigenvalue weighted by atomic mass is 127. The third-order valence-corrected chi connectivity index (χ3v) is 4.42. The zero-order valence-electron chi connectivity index (χ0n) is 11.2. The van der Waals surface area contributed by atoms with Crippen LogP contribution in [-0.4, -0.2) is 20.8 Å². The molecule has 0 fully saturated rings. The van der Waals surface area contributed by atoms with Crippen molar-refractivity contribution in [2.24, 2.45) is 0 Å². The van der Waals surface area contributed by atoms with Gasteiger partial charge in [-0.15, -0.1) is 0 Å². The number of carbonyl (C=O) groups is 1. The van der Waals surface area contributed by atoms with E-state index in [1.165, 1.54) is 0 Å². The molecule has 0 saturated heterocycles. The average molecular weight is 506 g/mol. The first-order valence-electron chi connectivity index (χ1n) is 6.39. The van der Waals surface area contributed by atoms with Crippen LogP contribution in [-0.2, 0) is 6.54 Å². The summed E-state index contributed by atoms with van der Waals surface area (Å²) >= 11 is 4.47. The second-order valence-corrected chi connectivity index (χ2v) is 8.36. The molecule has 0 spiro atoms. The van der Waals surface area contributed by atoms with Crippen LogP contribution < -0.4 is 1.33 Å². The monoisotopic (exact) mass is 506 g/mol. The molecule has 2 aromatic heterocycles. The number of anilines is 1. The van der Waals surface area contributed by atoms with Crippen molar-refractivity contribution in [2.75, 3.05) is 1.33 Å². The van der Waals surface area contributed by atoms with E-state index in [1.807, 2.05) is 13.5 Å². The summed E-state index contributed by atoms with van der Waals surface area (Å²) in [5, 5.41) is 0. The molecule has 0 unspecified atom stereocenters. The standard InChI is InChI=1S/C14H12I2N4O/c1-2-19-7-10(20(15)16)6-13(19)14-17-11-4-3-9(8-21)5-12(11)18-14/h3-8H,2H2,1H3,(H,17,18). The number of carbonyl (C=O) groups excluding carboxylic acids is 1. The number of aryl methyl sites for hydroxylation is 1. The van der Waals surface area contributed by atoms with Crippen LogP contribution >= 0.6 is 45.7 Å². The van der Waals surface area contributed by atoms with E-state index in [0.717, 1.165) is 41.1 Å². The number of aldehydes is 1. The van der Waals surface area contributed by atoms with Gasteiger partial charge in [0.25, 0.3) is 0 Å². The summed E-state index contributed by atoms with van der Waals surface area (Å²) in [6.45, 7) is 2.97. The van der Waals surface area contributed by atoms with Crippen LogP contribution in [0.1, 0.15) is 17.3 Å². The first-order chi connectivity index (χ1) is 10.1. The zero-order chi connectivity index (χ0) is 15.0. The number of nitrogens with one attached hydrogen (secondary N) is 1. The summed E-state index contributed by atoms with van der Waals surface area (Å²) in [7, 11) is 0. The number of hydrogen-bond donors (Lipinski definition) is 1. The molecule has 3 aromatic rings. The van der Waals surface area contributed by atoms with Crippen molar-refractivity contribution in [1.29, 1.82) is 0 Å². The fourth-order valence-corrected chi connectivity index (χ4v) is 2.80. The minimum Gasteiger partial charge on any atom is -0.343 e. The number of hydrogen-bond acceptors (Lipinski definition) is 3. The topological polar surface area (TPSA) is 53.9 Å². The van der Waals surface area contributed by atoms with Crippen LogP contribution in [0.3, 0.4) is 0 Å². The van der Waals surface area contributed by atoms with E-state index in [-0.39, 0.29) is 0 Å². The summed E-state index contributed by atoms with van der Waals surface area (Å²) in [5.41, 5.74) is 4.54. The predicted molar refractivity (Wildman–Crippen MR) is 101 cm³/mol. The third-order valence-electron chi connectivity index (χ3n) is 3.30. The van der Waals surface area contributed by atoms with Crippen molar-refractivity contribution in [3.05, 3.63) is 36.0 Å². The molecule has 21 heavy (non-hydrogen) atoms. The number of nitrogens with zero attached hydrogens (tertiary/aromatic N) is 3. The van der Waals surface area contributed by atoms with Gasteiger partial charge in [0, 0.05) is 18.3 Å². The fourth-order valence-electron chi connectivity index (χ4n) is 2.27. The summed E-state index contributed by atoms with van der Waals surface area (Å²) in [5.74, 6) is 0.816. The normalized spacial score (nSPS) is 11.0. The summed E-state index contributed by atoms with van der Waals surface area (Å²) < 4.78 is 4.16. The molecule has 2 heterocycles. The van der Waals surface area contributed by atoms with Gasteiger partial charge in [0.15, 0.2) is 5.82 Å². The minimum atomic E-state index is 0.648. The van der Waals surface area contributed by atoms with Gasteiger partial charge in [0.2, 0.25) is 0 Å². The molecule has 0 saturated carbocycles. The lowest BCUT2D eigenvalue weighted by molar-refractivity contribution is 0.112. The van der Waals surface area contributed by atoms with E-state index in [2.05, 4.69) is 79.5 Å². The zero-order valence-corrected chi connectivity index (χ0v) is 15.5. The second-order valence-electron chi connectivity index (χ2n) is 4.58. The predicted octanol–water partition coefficient (Wildman–Crippen LogP) is 4.37. The molecule has 3 rings (SSSR count). The van der Waals surface area contributed by atoms with E-state index >= 15 is 0 Å². The molecule has 0 amide bonds. The Morgan fingerprint density at radius 1 is 1.38 bits per heavy atom. The van der Waals surface area contributed by atoms with Gasteiger partial charge in [0.05, 0.1) is 68.1 Å². The van der Waals surface area contributed by atoms with Crippen LogP contribution in [0.5, 0.6) is 0 Å². The number of benzene rings is 1. The van der Waals surface area contributed by atoms with Crippen molar-refractivity contribution >= 4 is 68.7 Å². The Morgan fingerprint density at radius 3 is 2.86 bits per heavy atom. The summed E-state index contributed by atoms with van der Waals surface area (Å²) in [6, 6.07) is 7.56. The highest BCUT2D eigenvalue weighted by Crippen LogP contribution is 2.30. The van der Waals surface area contributed by atoms with E-state index < -0.39 is 0 Å². The van der Waals surface area contributed by atoms with E-state index in [4.69, 9.17) is 0 Å². The first kappa shape index (κ1) is 14.8. The summed E-state index contributed by atoms with van der Waals surface area (Å²) in [6.07, 6.45) is 2.94. The maximum atomic E-state index is 10.9. The van der Waals surface area contributed by atoms with Crippen molar-refractivity contribution < 1.29 is 4.79 Å². The lowest BCUT2D eigenvalue weighted by Gasteiger charge is -2.02. The first-order valence-corrected chi connectivity index (χ1v) is 8.32. The Kier molecular flexibility index (Phi) is 4.20. The molecular formula is C14H12I2N4O. The molecule has 0 aliphatic rings. The minimum absolute atomic E-state index is 0.648. The lowest BCUT2D eigenvalue weighted by Crippen LogP contribution is -1.95. The van der Waals surface area contributed by atoms with Crippen LogP contribution in [0.2, 0.25) is 0 Å². The number of imidazole rings is 1. The molecule has 0 aliphatic carbocycles. The molecule has 0 bridgehead atoms. The van der Waals surface area contributed by atoms with Crippen LogP contribution in [0.15, 0.2) is 30.5 Å². The van der Waals surface area contributed by atoms with Gasteiger partial charge < -0.3 is 9.55 Å². The Balaban J connectivity index is 2.13. The Bertz CT molecular complexity index is 807. The highest BCUT2D eigenvalue weighted by molar-refractivity contribution is 14.2. The average Bonchev–Trinajstić information content (AvgIpc) is 3.09. The number of aromatic nitrogens is 3. The van der Waals surface area contributed by atoms with E-state index in [0.29, 0.717) is 5.56 Å². The number of H-pyrrole nitrogens is 1. The van der Waals surface area contributed by atoms with Crippen LogP contribution in [0.25, 0.3) is 22.6 Å². The van der Waals surface area contributed by atoms with E-state index in [1.54, 1.807) is 6.07 Å². The SMILES string of the molecule is CCn1cc(N(I)I)cc1-c1nc2ccc(C=O)cc2[nH]1. The number of halogens is 2. The van der Waals surface area contributed by atoms with E-state index in [9.17, 15) is 4.79 Å². The number of fused-ring (bicyclic) bond motifs is 1. The molecule has 1 N–H and O–H groups in total. The maximum absolute atomic E-state index is 10.9. The molecule has 7 heteroatoms. The summed E-state index contributed by atoms with van der Waals surface area (Å²) in [4.78, 5) is 18.8. The van der Waals surface area contributed by atoms with Gasteiger partial charge in [-0.1, -0.05) is 0 Å². The highest BCUT2D eigenvalue weighted by Gasteiger charge is 2.13. The van der Waals surface area contributed by atoms with Gasteiger partial charge in [-0.05, 0) is 31.2 Å². The third kappa shape index (κ3) is 2.80. The maximum Gasteiger partial charge on any atom is 0.155 e. The molecule has 108 valence electrons. The second kappa shape index (κ2) is 5.95. The van der Waals surface area contributed by atoms with Crippen molar-refractivity contribution in [3.8, 4) is 11.5 Å². The van der Waals surface area contributed by atoms with Gasteiger partial charge in [-0.3, -0.25) is 6.12 Å². The molecule has 0 aliphatic heterocycles. The smallest absolute Gasteiger partial charge is 0.155 e. The molecule has 0 radical (unpaired) electrons. The fraction of sp³-hybridized carbons (Fsp3) is 0.143. The van der Waals surface area contributed by atoms with Gasteiger partial charge in [0.1, 0.15) is 6.29 Å². The lowest BCUT2D eigenvalue weighted by atomic mass is 10.2. The van der Waals surface area contributed by atoms with Crippen molar-refractivity contribution in [1.82, 2.24) is 14.5 Å². The largest absolute Gasteiger partial charge is 0.343 e. The number of rotatable bonds is 4. The molecular weight excluding hydrogens is 494 g/mol. The van der Waals surface area contributed by atoms with Crippen LogP contribution in [0.4, 0.5) is 5.69 Å². The molecule has 1 aromatic carbocycles. The van der Waals surface area contributed by atoms with Crippen molar-refractivity contribution in [2.45, 2.75) is 13.5 Å². The van der Waals surface area contributed by atoms with Gasteiger partial charge in [-0.25, -0.2) is 4.98 Å². The Hall–Kier alpha value is -1.10. The molecule has 5 nitrogen and oxygen atoms in total. The van der Waals surface area contributed by atoms with Gasteiger partial charge in [-0.2, -0.15) is 0 Å². The van der Waals surface area contributed by atoms with Crippen LogP contribution in [0, 0.1) is 0 Å². The Labute approximate surface area is 149 Å². The quantitative estimate of drug-likeness (QED) is 0.325. The van der Waals surface area contributed by atoms with Crippen molar-refractivity contribution in [3.63, 3.8) is 0 Å². The molecule has 0 atom stereocenters. The van der Waals surface area contributed by atoms with Gasteiger partial charge >= 0.3 is 0 Å². The Morgan fingerprint density at radius 2 is 2.19 bits per heavy atom.